The van der Waals surface area contributed by atoms with E-state index in [1.165, 1.54) is 51.4 Å². The van der Waals surface area contributed by atoms with E-state index in [1.807, 2.05) is 33.3 Å². The van der Waals surface area contributed by atoms with Crippen molar-refractivity contribution in [3.63, 3.8) is 0 Å². The van der Waals surface area contributed by atoms with Crippen LogP contribution in [0.4, 0.5) is 0 Å². The van der Waals surface area contributed by atoms with E-state index in [2.05, 4.69) is 111 Å². The van der Waals surface area contributed by atoms with E-state index < -0.39 is 32.5 Å². The van der Waals surface area contributed by atoms with Gasteiger partial charge >= 0.3 is 11.9 Å². The van der Waals surface area contributed by atoms with Gasteiger partial charge in [-0.3, -0.25) is 14.2 Å². The summed E-state index contributed by atoms with van der Waals surface area (Å²) in [6.07, 6.45) is 58.4. The van der Waals surface area contributed by atoms with E-state index in [9.17, 15) is 19.0 Å². The van der Waals surface area contributed by atoms with Crippen LogP contribution in [0, 0.1) is 0 Å². The Kier molecular flexibility index (Phi) is 40.6. The number of carbonyl (C=O) groups excluding carboxylic acids is 2. The highest BCUT2D eigenvalue weighted by Crippen LogP contribution is 2.38. The Labute approximate surface area is 378 Å². The third kappa shape index (κ3) is 46.2. The molecule has 9 nitrogen and oxygen atoms in total. The number of carbonyl (C=O) groups is 2. The zero-order valence-electron chi connectivity index (χ0n) is 39.5. The molecule has 0 aromatic carbocycles. The van der Waals surface area contributed by atoms with Gasteiger partial charge in [0, 0.05) is 12.8 Å². The molecule has 0 amide bonds. The van der Waals surface area contributed by atoms with Crippen LogP contribution in [0.2, 0.25) is 0 Å². The van der Waals surface area contributed by atoms with Gasteiger partial charge in [0.25, 0.3) is 7.82 Å². The lowest BCUT2D eigenvalue weighted by Gasteiger charge is -2.28. The largest absolute Gasteiger partial charge is 0.756 e. The summed E-state index contributed by atoms with van der Waals surface area (Å²) >= 11 is 0. The number of ether oxygens (including phenoxy) is 2. The number of phosphoric acid groups is 1. The minimum absolute atomic E-state index is 0.0549. The number of likely N-dealkylation sites (N-methyl/N-ethyl adjacent to an activating group) is 1. The fourth-order valence-electron chi connectivity index (χ4n) is 5.56. The first kappa shape index (κ1) is 58.7. The molecule has 0 saturated carbocycles. The molecule has 62 heavy (non-hydrogen) atoms. The van der Waals surface area contributed by atoms with E-state index in [-0.39, 0.29) is 26.1 Å². The number of phosphoric ester groups is 1. The standard InChI is InChI=1S/C52H86NO8P/c1-6-8-10-12-14-16-18-20-22-24-26-28-30-32-34-36-38-40-42-44-51(54)58-48-50(49-60-62(56,57)59-47-46-53(3,4)5)61-52(55)45-43-41-39-37-35-33-31-29-27-25-23-21-19-17-15-13-11-9-7-2/h14-17,20-23,26-29,32-35,38,40,50H,6-13,18-19,24-25,30-31,36-37,39,41-49H2,1-5H3/b16-14+,17-15+,22-20+,23-21+,28-26+,29-27+,34-32+,35-33+,40-38+/t50-/m1/s1. The van der Waals surface area contributed by atoms with Crippen LogP contribution in [0.3, 0.4) is 0 Å². The van der Waals surface area contributed by atoms with Gasteiger partial charge in [0.1, 0.15) is 19.8 Å². The normalized spacial score (nSPS) is 14.5. The van der Waals surface area contributed by atoms with E-state index in [0.29, 0.717) is 23.9 Å². The van der Waals surface area contributed by atoms with Crippen LogP contribution in [0.5, 0.6) is 0 Å². The van der Waals surface area contributed by atoms with Gasteiger partial charge in [-0.2, -0.15) is 0 Å². The van der Waals surface area contributed by atoms with Crippen LogP contribution >= 0.6 is 7.82 Å². The van der Waals surface area contributed by atoms with Crippen LogP contribution in [-0.4, -0.2) is 70.0 Å². The monoisotopic (exact) mass is 884 g/mol. The third-order valence-electron chi connectivity index (χ3n) is 9.28. The summed E-state index contributed by atoms with van der Waals surface area (Å²) in [6.45, 7) is 4.02. The minimum atomic E-state index is -4.66. The molecule has 0 fully saturated rings. The first-order valence-corrected chi connectivity index (χ1v) is 25.1. The maximum absolute atomic E-state index is 12.7. The van der Waals surface area contributed by atoms with Gasteiger partial charge in [-0.1, -0.05) is 155 Å². The van der Waals surface area contributed by atoms with Crippen LogP contribution in [-0.2, 0) is 32.7 Å². The highest BCUT2D eigenvalue weighted by molar-refractivity contribution is 7.45. The number of quaternary nitrogens is 1. The number of rotatable bonds is 41. The molecule has 2 atom stereocenters. The summed E-state index contributed by atoms with van der Waals surface area (Å²) in [5, 5.41) is 0. The molecule has 0 bridgehead atoms. The summed E-state index contributed by atoms with van der Waals surface area (Å²) in [6, 6.07) is 0. The zero-order chi connectivity index (χ0) is 45.7. The van der Waals surface area contributed by atoms with E-state index >= 15 is 0 Å². The lowest BCUT2D eigenvalue weighted by atomic mass is 10.1. The lowest BCUT2D eigenvalue weighted by molar-refractivity contribution is -0.870. The van der Waals surface area contributed by atoms with Crippen LogP contribution in [0.1, 0.15) is 155 Å². The number of unbranched alkanes of at least 4 members (excludes halogenated alkanes) is 9. The summed E-state index contributed by atoms with van der Waals surface area (Å²) in [4.78, 5) is 37.6. The number of nitrogens with zero attached hydrogens (tertiary/aromatic N) is 1. The second kappa shape index (κ2) is 42.9. The molecule has 0 spiro atoms. The van der Waals surface area contributed by atoms with Gasteiger partial charge in [-0.25, -0.2) is 0 Å². The molecule has 0 aliphatic heterocycles. The number of hydrogen-bond donors (Lipinski definition) is 0. The minimum Gasteiger partial charge on any atom is -0.756 e. The van der Waals surface area contributed by atoms with Crippen molar-refractivity contribution in [1.29, 1.82) is 0 Å². The van der Waals surface area contributed by atoms with Gasteiger partial charge in [-0.15, -0.1) is 0 Å². The van der Waals surface area contributed by atoms with Crippen molar-refractivity contribution in [2.45, 2.75) is 161 Å². The summed E-state index contributed by atoms with van der Waals surface area (Å²) in [7, 11) is 1.09. The fourth-order valence-corrected chi connectivity index (χ4v) is 6.29. The topological polar surface area (TPSA) is 111 Å². The third-order valence-corrected chi connectivity index (χ3v) is 10.2. The van der Waals surface area contributed by atoms with Gasteiger partial charge in [-0.05, 0) is 96.3 Å². The number of esters is 2. The van der Waals surface area contributed by atoms with E-state index in [0.717, 1.165) is 64.2 Å². The average Bonchev–Trinajstić information content (AvgIpc) is 3.23. The molecular formula is C52H86NO8P. The lowest BCUT2D eigenvalue weighted by Crippen LogP contribution is -2.37. The molecule has 0 rings (SSSR count). The van der Waals surface area contributed by atoms with Crippen molar-refractivity contribution in [1.82, 2.24) is 0 Å². The Balaban J connectivity index is 4.53. The molecular weight excluding hydrogens is 798 g/mol. The Morgan fingerprint density at radius 1 is 0.500 bits per heavy atom. The molecule has 0 radical (unpaired) electrons. The molecule has 0 saturated heterocycles. The van der Waals surface area contributed by atoms with Crippen molar-refractivity contribution in [2.24, 2.45) is 0 Å². The molecule has 0 aromatic heterocycles. The first-order valence-electron chi connectivity index (χ1n) is 23.6. The van der Waals surface area contributed by atoms with Gasteiger partial charge in [0.05, 0.1) is 27.7 Å². The molecule has 0 heterocycles. The highest BCUT2D eigenvalue weighted by atomic mass is 31.2. The number of allylic oxidation sites excluding steroid dienone is 18. The van der Waals surface area contributed by atoms with E-state index in [1.54, 1.807) is 0 Å². The first-order chi connectivity index (χ1) is 30.0. The quantitative estimate of drug-likeness (QED) is 0.0196. The van der Waals surface area contributed by atoms with Crippen LogP contribution in [0.25, 0.3) is 0 Å². The molecule has 0 aliphatic carbocycles. The predicted octanol–water partition coefficient (Wildman–Crippen LogP) is 13.3. The Hall–Kier alpha value is -3.33. The van der Waals surface area contributed by atoms with Crippen molar-refractivity contribution in [2.75, 3.05) is 47.5 Å². The SMILES string of the molecule is CCCCC/C=C/C/C=C/C/C=C/C/C=C/C/C=C/CCC(=O)OC[C@H](COP(=O)([O-])OCC[N+](C)(C)C)OC(=O)CCCCC/C=C/C/C=C/C/C=C/C/C=C/CCCCC. The van der Waals surface area contributed by atoms with E-state index in [4.69, 9.17) is 18.5 Å². The molecule has 352 valence electrons. The summed E-state index contributed by atoms with van der Waals surface area (Å²) < 4.78 is 33.8. The molecule has 0 aliphatic rings. The van der Waals surface area contributed by atoms with Gasteiger partial charge in [0.15, 0.2) is 6.10 Å². The van der Waals surface area contributed by atoms with Crippen molar-refractivity contribution >= 4 is 19.8 Å². The molecule has 1 unspecified atom stereocenters. The summed E-state index contributed by atoms with van der Waals surface area (Å²) in [5.74, 6) is -0.978. The molecule has 0 aromatic rings. The molecule has 0 N–H and O–H groups in total. The average molecular weight is 884 g/mol. The summed E-state index contributed by atoms with van der Waals surface area (Å²) in [5.41, 5.74) is 0. The van der Waals surface area contributed by atoms with Crippen LogP contribution in [0.15, 0.2) is 109 Å². The smallest absolute Gasteiger partial charge is 0.306 e. The Morgan fingerprint density at radius 2 is 0.903 bits per heavy atom. The fraction of sp³-hybridized carbons (Fsp3) is 0.615. The van der Waals surface area contributed by atoms with Crippen molar-refractivity contribution < 1.29 is 42.1 Å². The maximum atomic E-state index is 12.7. The zero-order valence-corrected chi connectivity index (χ0v) is 40.4. The second-order valence-corrected chi connectivity index (χ2v) is 17.8. The van der Waals surface area contributed by atoms with Gasteiger partial charge < -0.3 is 27.9 Å². The van der Waals surface area contributed by atoms with Crippen LogP contribution < -0.4 is 4.89 Å². The van der Waals surface area contributed by atoms with Crippen molar-refractivity contribution in [3.8, 4) is 0 Å². The predicted molar refractivity (Wildman–Crippen MR) is 258 cm³/mol. The molecule has 10 heteroatoms. The van der Waals surface area contributed by atoms with Crippen molar-refractivity contribution in [3.05, 3.63) is 109 Å². The Morgan fingerprint density at radius 3 is 1.32 bits per heavy atom. The highest BCUT2D eigenvalue weighted by Gasteiger charge is 2.21. The Bertz CT molecular complexity index is 1420. The van der Waals surface area contributed by atoms with Gasteiger partial charge in [0.2, 0.25) is 0 Å². The second-order valence-electron chi connectivity index (χ2n) is 16.4. The number of hydrogen-bond acceptors (Lipinski definition) is 8. The maximum Gasteiger partial charge on any atom is 0.306 e.